The van der Waals surface area contributed by atoms with Crippen LogP contribution in [0.1, 0.15) is 44.6 Å². The fourth-order valence-corrected chi connectivity index (χ4v) is 2.79. The van der Waals surface area contributed by atoms with Gasteiger partial charge in [0.25, 0.3) is 0 Å². The van der Waals surface area contributed by atoms with Crippen molar-refractivity contribution in [2.75, 3.05) is 6.54 Å². The molecular formula is C16H23NO. The smallest absolute Gasteiger partial charge is 0.223 e. The van der Waals surface area contributed by atoms with Gasteiger partial charge in [-0.05, 0) is 37.7 Å². The third-order valence-corrected chi connectivity index (χ3v) is 3.89. The largest absolute Gasteiger partial charge is 0.340 e. The third-order valence-electron chi connectivity index (χ3n) is 3.89. The summed E-state index contributed by atoms with van der Waals surface area (Å²) in [6.45, 7) is 3.15. The lowest BCUT2D eigenvalue weighted by atomic mass is 9.99. The summed E-state index contributed by atoms with van der Waals surface area (Å²) in [4.78, 5) is 14.4. The van der Waals surface area contributed by atoms with E-state index in [0.29, 0.717) is 18.4 Å². The molecule has 1 saturated heterocycles. The number of carbonyl (C=O) groups excluding carboxylic acids is 1. The minimum atomic E-state index is 0.338. The molecule has 0 aliphatic carbocycles. The van der Waals surface area contributed by atoms with Crippen LogP contribution in [0.3, 0.4) is 0 Å². The van der Waals surface area contributed by atoms with Crippen LogP contribution in [0.15, 0.2) is 30.3 Å². The summed E-state index contributed by atoms with van der Waals surface area (Å²) < 4.78 is 0. The van der Waals surface area contributed by atoms with Gasteiger partial charge in [0.05, 0.1) is 0 Å². The lowest BCUT2D eigenvalue weighted by molar-refractivity contribution is -0.134. The van der Waals surface area contributed by atoms with Gasteiger partial charge in [0.15, 0.2) is 0 Å². The van der Waals surface area contributed by atoms with Crippen molar-refractivity contribution in [3.05, 3.63) is 35.9 Å². The van der Waals surface area contributed by atoms with Gasteiger partial charge in [-0.25, -0.2) is 0 Å². The van der Waals surface area contributed by atoms with Crippen LogP contribution in [0.2, 0.25) is 0 Å². The number of hydrogen-bond donors (Lipinski definition) is 0. The number of carbonyl (C=O) groups is 1. The lowest BCUT2D eigenvalue weighted by Crippen LogP contribution is -2.43. The molecule has 2 rings (SSSR count). The molecule has 1 aromatic rings. The van der Waals surface area contributed by atoms with Crippen LogP contribution in [-0.4, -0.2) is 23.4 Å². The van der Waals surface area contributed by atoms with Gasteiger partial charge in [-0.2, -0.15) is 0 Å². The summed E-state index contributed by atoms with van der Waals surface area (Å²) in [6.07, 6.45) is 6.26. The highest BCUT2D eigenvalue weighted by Crippen LogP contribution is 2.20. The Hall–Kier alpha value is -1.31. The molecule has 1 aromatic carbocycles. The monoisotopic (exact) mass is 245 g/mol. The van der Waals surface area contributed by atoms with Crippen LogP contribution in [0.5, 0.6) is 0 Å². The highest BCUT2D eigenvalue weighted by Gasteiger charge is 2.24. The molecule has 1 unspecified atom stereocenters. The average Bonchev–Trinajstić information content (AvgIpc) is 2.45. The fraction of sp³-hybridized carbons (Fsp3) is 0.562. The zero-order valence-corrected chi connectivity index (χ0v) is 11.3. The summed E-state index contributed by atoms with van der Waals surface area (Å²) in [6, 6.07) is 10.8. The van der Waals surface area contributed by atoms with Crippen LogP contribution in [0, 0.1) is 0 Å². The second-order valence-corrected chi connectivity index (χ2v) is 5.13. The Morgan fingerprint density at radius 3 is 2.78 bits per heavy atom. The van der Waals surface area contributed by atoms with Gasteiger partial charge >= 0.3 is 0 Å². The predicted molar refractivity (Wildman–Crippen MR) is 74.4 cm³/mol. The number of hydrogen-bond acceptors (Lipinski definition) is 1. The molecule has 0 aromatic heterocycles. The van der Waals surface area contributed by atoms with Crippen molar-refractivity contribution in [2.45, 2.75) is 51.5 Å². The molecular weight excluding hydrogens is 222 g/mol. The number of piperidine rings is 1. The van der Waals surface area contributed by atoms with Gasteiger partial charge in [-0.15, -0.1) is 0 Å². The number of rotatable bonds is 4. The fourth-order valence-electron chi connectivity index (χ4n) is 2.79. The summed E-state index contributed by atoms with van der Waals surface area (Å²) in [7, 11) is 0. The normalized spacial score (nSPS) is 19.8. The molecule has 0 bridgehead atoms. The standard InChI is InChI=1S/C16H23NO/c1-2-15-10-6-7-13-17(15)16(18)12-11-14-8-4-3-5-9-14/h3-5,8-9,15H,2,6-7,10-13H2,1H3. The van der Waals surface area contributed by atoms with E-state index in [1.54, 1.807) is 0 Å². The average molecular weight is 245 g/mol. The van der Waals surface area contributed by atoms with Crippen molar-refractivity contribution < 1.29 is 4.79 Å². The second-order valence-electron chi connectivity index (χ2n) is 5.13. The van der Waals surface area contributed by atoms with Gasteiger partial charge in [0.2, 0.25) is 5.91 Å². The molecule has 2 heteroatoms. The zero-order valence-electron chi connectivity index (χ0n) is 11.3. The molecule has 1 amide bonds. The Labute approximate surface area is 110 Å². The maximum absolute atomic E-state index is 12.3. The van der Waals surface area contributed by atoms with Crippen molar-refractivity contribution in [3.63, 3.8) is 0 Å². The van der Waals surface area contributed by atoms with E-state index in [-0.39, 0.29) is 0 Å². The van der Waals surface area contributed by atoms with Crippen LogP contribution >= 0.6 is 0 Å². The van der Waals surface area contributed by atoms with E-state index in [1.165, 1.54) is 24.8 Å². The quantitative estimate of drug-likeness (QED) is 0.796. The lowest BCUT2D eigenvalue weighted by Gasteiger charge is -2.35. The molecule has 0 spiro atoms. The third kappa shape index (κ3) is 3.34. The first-order valence-corrected chi connectivity index (χ1v) is 7.14. The zero-order chi connectivity index (χ0) is 12.8. The highest BCUT2D eigenvalue weighted by molar-refractivity contribution is 5.76. The molecule has 1 heterocycles. The molecule has 0 saturated carbocycles. The summed E-state index contributed by atoms with van der Waals surface area (Å²) in [5.74, 6) is 0.338. The summed E-state index contributed by atoms with van der Waals surface area (Å²) in [5, 5.41) is 0. The molecule has 1 atom stereocenters. The van der Waals surface area contributed by atoms with Gasteiger partial charge in [0, 0.05) is 19.0 Å². The van der Waals surface area contributed by atoms with E-state index in [0.717, 1.165) is 19.4 Å². The Morgan fingerprint density at radius 2 is 2.06 bits per heavy atom. The van der Waals surface area contributed by atoms with E-state index in [1.807, 2.05) is 18.2 Å². The molecule has 1 fully saturated rings. The Kier molecular flexibility index (Phi) is 4.80. The highest BCUT2D eigenvalue weighted by atomic mass is 16.2. The molecule has 2 nitrogen and oxygen atoms in total. The molecule has 18 heavy (non-hydrogen) atoms. The number of aryl methyl sites for hydroxylation is 1. The van der Waals surface area contributed by atoms with Crippen molar-refractivity contribution in [1.82, 2.24) is 4.90 Å². The SMILES string of the molecule is CCC1CCCCN1C(=O)CCc1ccccc1. The molecule has 1 aliphatic rings. The topological polar surface area (TPSA) is 20.3 Å². The van der Waals surface area contributed by atoms with E-state index < -0.39 is 0 Å². The minimum absolute atomic E-state index is 0.338. The summed E-state index contributed by atoms with van der Waals surface area (Å²) in [5.41, 5.74) is 1.26. The van der Waals surface area contributed by atoms with Crippen LogP contribution in [0.4, 0.5) is 0 Å². The molecule has 1 aliphatic heterocycles. The molecule has 0 N–H and O–H groups in total. The van der Waals surface area contributed by atoms with E-state index in [4.69, 9.17) is 0 Å². The number of nitrogens with zero attached hydrogens (tertiary/aromatic N) is 1. The first-order valence-electron chi connectivity index (χ1n) is 7.14. The predicted octanol–water partition coefficient (Wildman–Crippen LogP) is 3.41. The van der Waals surface area contributed by atoms with Crippen LogP contribution in [0.25, 0.3) is 0 Å². The van der Waals surface area contributed by atoms with Crippen molar-refractivity contribution >= 4 is 5.91 Å². The molecule has 0 radical (unpaired) electrons. The van der Waals surface area contributed by atoms with E-state index >= 15 is 0 Å². The second kappa shape index (κ2) is 6.58. The number of benzene rings is 1. The maximum atomic E-state index is 12.3. The number of amides is 1. The molecule has 98 valence electrons. The van der Waals surface area contributed by atoms with Gasteiger partial charge in [0.1, 0.15) is 0 Å². The first-order chi connectivity index (χ1) is 8.81. The van der Waals surface area contributed by atoms with Crippen molar-refractivity contribution in [2.24, 2.45) is 0 Å². The number of likely N-dealkylation sites (tertiary alicyclic amines) is 1. The van der Waals surface area contributed by atoms with Crippen LogP contribution < -0.4 is 0 Å². The minimum Gasteiger partial charge on any atom is -0.340 e. The maximum Gasteiger partial charge on any atom is 0.223 e. The van der Waals surface area contributed by atoms with E-state index in [9.17, 15) is 4.79 Å². The Morgan fingerprint density at radius 1 is 1.28 bits per heavy atom. The Bertz CT molecular complexity index is 374. The van der Waals surface area contributed by atoms with Crippen LogP contribution in [-0.2, 0) is 11.2 Å². The van der Waals surface area contributed by atoms with Gasteiger partial charge in [-0.1, -0.05) is 37.3 Å². The van der Waals surface area contributed by atoms with Gasteiger partial charge < -0.3 is 4.90 Å². The van der Waals surface area contributed by atoms with Crippen molar-refractivity contribution in [1.29, 1.82) is 0 Å². The van der Waals surface area contributed by atoms with Crippen molar-refractivity contribution in [3.8, 4) is 0 Å². The van der Waals surface area contributed by atoms with E-state index in [2.05, 4.69) is 24.0 Å². The first kappa shape index (κ1) is 13.1. The summed E-state index contributed by atoms with van der Waals surface area (Å²) >= 11 is 0. The Balaban J connectivity index is 1.87. The van der Waals surface area contributed by atoms with Gasteiger partial charge in [-0.3, -0.25) is 4.79 Å².